The fourth-order valence-corrected chi connectivity index (χ4v) is 2.15. The van der Waals surface area contributed by atoms with Crippen molar-refractivity contribution in [1.29, 1.82) is 0 Å². The van der Waals surface area contributed by atoms with E-state index in [1.54, 1.807) is 30.3 Å². The Hall–Kier alpha value is -2.89. The molecule has 25 heavy (non-hydrogen) atoms. The first kappa shape index (κ1) is 18.4. The molecule has 0 saturated carbocycles. The molecule has 1 aromatic carbocycles. The summed E-state index contributed by atoms with van der Waals surface area (Å²) in [4.78, 5) is 27.7. The topological polar surface area (TPSA) is 77.5 Å². The van der Waals surface area contributed by atoms with Crippen molar-refractivity contribution in [2.75, 3.05) is 19.0 Å². The second-order valence-electron chi connectivity index (χ2n) is 5.43. The van der Waals surface area contributed by atoms with Crippen molar-refractivity contribution in [2.45, 2.75) is 26.2 Å². The van der Waals surface area contributed by atoms with E-state index in [2.05, 4.69) is 22.0 Å². The molecule has 0 fully saturated rings. The lowest BCUT2D eigenvalue weighted by atomic mass is 10.2. The summed E-state index contributed by atoms with van der Waals surface area (Å²) >= 11 is 0. The van der Waals surface area contributed by atoms with Crippen LogP contribution in [0.5, 0.6) is 5.75 Å². The second-order valence-corrected chi connectivity index (χ2v) is 5.43. The van der Waals surface area contributed by atoms with Crippen LogP contribution < -0.4 is 10.1 Å². The highest BCUT2D eigenvalue weighted by atomic mass is 16.5. The zero-order chi connectivity index (χ0) is 18.1. The standard InChI is InChI=1S/C19H22N2O4/c1-3-4-5-13-25-15-11-9-14(10-12-15)20-18(22)16-7-6-8-17(21-16)19(23)24-2/h6-12H,3-5,13H2,1-2H3,(H,20,22). The minimum atomic E-state index is -0.584. The molecule has 1 N–H and O–H groups in total. The number of nitrogens with zero attached hydrogens (tertiary/aromatic N) is 1. The van der Waals surface area contributed by atoms with E-state index < -0.39 is 11.9 Å². The molecule has 0 saturated heterocycles. The highest BCUT2D eigenvalue weighted by molar-refractivity contribution is 6.03. The Kier molecular flexibility index (Phi) is 6.95. The summed E-state index contributed by atoms with van der Waals surface area (Å²) < 4.78 is 10.2. The van der Waals surface area contributed by atoms with E-state index in [0.717, 1.165) is 25.0 Å². The Balaban J connectivity index is 1.95. The predicted molar refractivity (Wildman–Crippen MR) is 95.0 cm³/mol. The van der Waals surface area contributed by atoms with Gasteiger partial charge in [0.1, 0.15) is 17.1 Å². The van der Waals surface area contributed by atoms with Gasteiger partial charge in [0.15, 0.2) is 0 Å². The SMILES string of the molecule is CCCCCOc1ccc(NC(=O)c2cccc(C(=O)OC)n2)cc1. The number of carbonyl (C=O) groups excluding carboxylic acids is 2. The zero-order valence-electron chi connectivity index (χ0n) is 14.5. The third-order valence-electron chi connectivity index (χ3n) is 3.51. The Morgan fingerprint density at radius 1 is 1.04 bits per heavy atom. The number of nitrogens with one attached hydrogen (secondary N) is 1. The molecule has 1 aromatic heterocycles. The van der Waals surface area contributed by atoms with Crippen molar-refractivity contribution in [3.8, 4) is 5.75 Å². The van der Waals surface area contributed by atoms with E-state index in [1.807, 2.05) is 0 Å². The summed E-state index contributed by atoms with van der Waals surface area (Å²) in [5, 5.41) is 2.74. The van der Waals surface area contributed by atoms with Gasteiger partial charge in [-0.1, -0.05) is 25.8 Å². The van der Waals surface area contributed by atoms with E-state index in [4.69, 9.17) is 4.74 Å². The highest BCUT2D eigenvalue weighted by Crippen LogP contribution is 2.17. The molecule has 2 aromatic rings. The first-order chi connectivity index (χ1) is 12.1. The largest absolute Gasteiger partial charge is 0.494 e. The van der Waals surface area contributed by atoms with E-state index in [9.17, 15) is 9.59 Å². The molecule has 2 rings (SSSR count). The molecule has 0 bridgehead atoms. The number of hydrogen-bond acceptors (Lipinski definition) is 5. The summed E-state index contributed by atoms with van der Waals surface area (Å²) in [5.41, 5.74) is 0.852. The summed E-state index contributed by atoms with van der Waals surface area (Å²) in [6, 6.07) is 11.7. The number of carbonyl (C=O) groups is 2. The lowest BCUT2D eigenvalue weighted by Crippen LogP contribution is -2.15. The van der Waals surface area contributed by atoms with Gasteiger partial charge in [-0.25, -0.2) is 9.78 Å². The zero-order valence-corrected chi connectivity index (χ0v) is 14.5. The normalized spacial score (nSPS) is 10.2. The number of rotatable bonds is 8. The molecule has 132 valence electrons. The maximum absolute atomic E-state index is 12.2. The van der Waals surface area contributed by atoms with Gasteiger partial charge in [-0.05, 0) is 42.8 Å². The van der Waals surface area contributed by atoms with E-state index in [1.165, 1.54) is 19.2 Å². The molecule has 0 spiro atoms. The van der Waals surface area contributed by atoms with E-state index in [-0.39, 0.29) is 11.4 Å². The van der Waals surface area contributed by atoms with Gasteiger partial charge >= 0.3 is 5.97 Å². The summed E-state index contributed by atoms with van der Waals surface area (Å²) in [6.45, 7) is 2.83. The number of pyridine rings is 1. The molecule has 1 heterocycles. The molecule has 0 radical (unpaired) electrons. The Morgan fingerprint density at radius 3 is 2.44 bits per heavy atom. The molecule has 0 aliphatic rings. The van der Waals surface area contributed by atoms with Crippen LogP contribution in [0.4, 0.5) is 5.69 Å². The van der Waals surface area contributed by atoms with Crippen molar-refractivity contribution < 1.29 is 19.1 Å². The van der Waals surface area contributed by atoms with Gasteiger partial charge in [0.2, 0.25) is 0 Å². The van der Waals surface area contributed by atoms with Gasteiger partial charge in [-0.2, -0.15) is 0 Å². The first-order valence-corrected chi connectivity index (χ1v) is 8.23. The number of ether oxygens (including phenoxy) is 2. The molecule has 6 nitrogen and oxygen atoms in total. The number of hydrogen-bond donors (Lipinski definition) is 1. The average molecular weight is 342 g/mol. The van der Waals surface area contributed by atoms with Crippen LogP contribution in [0.25, 0.3) is 0 Å². The minimum Gasteiger partial charge on any atom is -0.494 e. The maximum Gasteiger partial charge on any atom is 0.356 e. The third-order valence-corrected chi connectivity index (χ3v) is 3.51. The van der Waals surface area contributed by atoms with Gasteiger partial charge in [-0.15, -0.1) is 0 Å². The monoisotopic (exact) mass is 342 g/mol. The van der Waals surface area contributed by atoms with Crippen molar-refractivity contribution in [3.63, 3.8) is 0 Å². The number of aromatic nitrogens is 1. The molecular formula is C19H22N2O4. The van der Waals surface area contributed by atoms with Crippen LogP contribution in [0.3, 0.4) is 0 Å². The first-order valence-electron chi connectivity index (χ1n) is 8.23. The Labute approximate surface area is 147 Å². The van der Waals surface area contributed by atoms with Crippen molar-refractivity contribution >= 4 is 17.6 Å². The van der Waals surface area contributed by atoms with Crippen LogP contribution in [0, 0.1) is 0 Å². The van der Waals surface area contributed by atoms with Gasteiger partial charge < -0.3 is 14.8 Å². The third kappa shape index (κ3) is 5.60. The van der Waals surface area contributed by atoms with Gasteiger partial charge in [-0.3, -0.25) is 4.79 Å². The summed E-state index contributed by atoms with van der Waals surface area (Å²) in [6.07, 6.45) is 3.32. The van der Waals surface area contributed by atoms with Gasteiger partial charge in [0.05, 0.1) is 13.7 Å². The van der Waals surface area contributed by atoms with Gasteiger partial charge in [0, 0.05) is 5.69 Å². The lowest BCUT2D eigenvalue weighted by Gasteiger charge is -2.08. The quantitative estimate of drug-likeness (QED) is 0.585. The smallest absolute Gasteiger partial charge is 0.356 e. The fourth-order valence-electron chi connectivity index (χ4n) is 2.15. The predicted octanol–water partition coefficient (Wildman–Crippen LogP) is 3.69. The molecule has 6 heteroatoms. The maximum atomic E-state index is 12.2. The van der Waals surface area contributed by atoms with Crippen LogP contribution in [0.15, 0.2) is 42.5 Å². The van der Waals surface area contributed by atoms with Gasteiger partial charge in [0.25, 0.3) is 5.91 Å². The van der Waals surface area contributed by atoms with E-state index in [0.29, 0.717) is 12.3 Å². The molecule has 0 unspecified atom stereocenters. The molecule has 0 aliphatic carbocycles. The lowest BCUT2D eigenvalue weighted by molar-refractivity contribution is 0.0594. The number of esters is 1. The van der Waals surface area contributed by atoms with Crippen molar-refractivity contribution in [3.05, 3.63) is 53.9 Å². The Morgan fingerprint density at radius 2 is 1.76 bits per heavy atom. The van der Waals surface area contributed by atoms with E-state index >= 15 is 0 Å². The van der Waals surface area contributed by atoms with Crippen LogP contribution >= 0.6 is 0 Å². The molecule has 0 atom stereocenters. The van der Waals surface area contributed by atoms with Crippen LogP contribution in [0.2, 0.25) is 0 Å². The fraction of sp³-hybridized carbons (Fsp3) is 0.316. The minimum absolute atomic E-state index is 0.0889. The van der Waals surface area contributed by atoms with Crippen molar-refractivity contribution in [2.24, 2.45) is 0 Å². The number of anilines is 1. The summed E-state index contributed by atoms with van der Waals surface area (Å²) in [7, 11) is 1.27. The second kappa shape index (κ2) is 9.42. The summed E-state index contributed by atoms with van der Waals surface area (Å²) in [5.74, 6) is -0.221. The highest BCUT2D eigenvalue weighted by Gasteiger charge is 2.12. The molecule has 1 amide bonds. The number of amides is 1. The van der Waals surface area contributed by atoms with Crippen molar-refractivity contribution in [1.82, 2.24) is 4.98 Å². The van der Waals surface area contributed by atoms with Crippen LogP contribution in [0.1, 0.15) is 47.2 Å². The molecule has 0 aliphatic heterocycles. The molecular weight excluding hydrogens is 320 g/mol. The van der Waals surface area contributed by atoms with Crippen LogP contribution in [-0.2, 0) is 4.74 Å². The number of methoxy groups -OCH3 is 1. The Bertz CT molecular complexity index is 714. The number of unbranched alkanes of at least 4 members (excludes halogenated alkanes) is 2. The van der Waals surface area contributed by atoms with Crippen LogP contribution in [-0.4, -0.2) is 30.6 Å². The number of benzene rings is 1. The average Bonchev–Trinajstić information content (AvgIpc) is 2.66.